The first-order chi connectivity index (χ1) is 14.7. The summed E-state index contributed by atoms with van der Waals surface area (Å²) in [5.74, 6) is -0.652. The lowest BCUT2D eigenvalue weighted by Crippen LogP contribution is -1.98. The zero-order valence-electron chi connectivity index (χ0n) is 15.5. The summed E-state index contributed by atoms with van der Waals surface area (Å²) in [5.41, 5.74) is -0.692. The van der Waals surface area contributed by atoms with E-state index in [0.717, 1.165) is 29.7 Å². The number of non-ortho nitro benzene ring substituents is 1. The molecule has 0 aliphatic rings. The Labute approximate surface area is 174 Å². The Morgan fingerprint density at radius 2 is 1.61 bits per heavy atom. The third-order valence-corrected chi connectivity index (χ3v) is 5.52. The monoisotopic (exact) mass is 439 g/mol. The van der Waals surface area contributed by atoms with Crippen LogP contribution in [0.25, 0.3) is 21.5 Å². The van der Waals surface area contributed by atoms with Crippen LogP contribution in [0.15, 0.2) is 75.8 Å². The van der Waals surface area contributed by atoms with Gasteiger partial charge in [-0.15, -0.1) is 10.2 Å². The molecule has 0 bridgehead atoms. The van der Waals surface area contributed by atoms with Crippen LogP contribution in [0.1, 0.15) is 0 Å². The minimum atomic E-state index is -4.61. The lowest BCUT2D eigenvalue weighted by Gasteiger charge is -2.07. The topological polar surface area (TPSA) is 163 Å². The van der Waals surface area contributed by atoms with E-state index in [1.165, 1.54) is 6.07 Å². The van der Waals surface area contributed by atoms with Crippen LogP contribution in [0, 0.1) is 10.1 Å². The van der Waals surface area contributed by atoms with Crippen molar-refractivity contribution in [2.24, 2.45) is 10.2 Å². The molecule has 0 heterocycles. The van der Waals surface area contributed by atoms with Crippen LogP contribution in [-0.2, 0) is 10.1 Å². The van der Waals surface area contributed by atoms with E-state index in [1.807, 2.05) is 0 Å². The first-order valence-corrected chi connectivity index (χ1v) is 10.1. The van der Waals surface area contributed by atoms with E-state index < -0.39 is 31.4 Å². The van der Waals surface area contributed by atoms with Gasteiger partial charge in [-0.05, 0) is 29.7 Å². The number of benzene rings is 4. The molecule has 0 fully saturated rings. The Bertz CT molecular complexity index is 1510. The molecule has 0 aromatic heterocycles. The van der Waals surface area contributed by atoms with Crippen molar-refractivity contribution in [3.05, 3.63) is 70.8 Å². The highest BCUT2D eigenvalue weighted by atomic mass is 32.2. The molecule has 3 N–H and O–H groups in total. The van der Waals surface area contributed by atoms with Gasteiger partial charge < -0.3 is 10.2 Å². The van der Waals surface area contributed by atoms with Gasteiger partial charge in [-0.2, -0.15) is 8.42 Å². The second kappa shape index (κ2) is 7.31. The average Bonchev–Trinajstić information content (AvgIpc) is 2.73. The highest BCUT2D eigenvalue weighted by Gasteiger charge is 2.22. The summed E-state index contributed by atoms with van der Waals surface area (Å²) in [4.78, 5) is 10.2. The van der Waals surface area contributed by atoms with Gasteiger partial charge in [0, 0.05) is 16.8 Å². The van der Waals surface area contributed by atoms with E-state index in [2.05, 4.69) is 10.2 Å². The maximum Gasteiger partial charge on any atom is 0.294 e. The zero-order valence-corrected chi connectivity index (χ0v) is 16.3. The fraction of sp³-hybridized carbons (Fsp3) is 0. The highest BCUT2D eigenvalue weighted by molar-refractivity contribution is 7.85. The predicted molar refractivity (Wildman–Crippen MR) is 112 cm³/mol. The predicted octanol–water partition coefficient (Wildman–Crippen LogP) is 4.97. The Morgan fingerprint density at radius 3 is 2.32 bits per heavy atom. The summed E-state index contributed by atoms with van der Waals surface area (Å²) in [6.07, 6.45) is 0. The summed E-state index contributed by atoms with van der Waals surface area (Å²) in [6, 6.07) is 14.1. The number of rotatable bonds is 4. The third kappa shape index (κ3) is 3.63. The van der Waals surface area contributed by atoms with Gasteiger partial charge >= 0.3 is 0 Å². The summed E-state index contributed by atoms with van der Waals surface area (Å²) in [7, 11) is -4.61. The van der Waals surface area contributed by atoms with E-state index in [-0.39, 0.29) is 27.9 Å². The maximum absolute atomic E-state index is 11.5. The largest absolute Gasteiger partial charge is 0.506 e. The van der Waals surface area contributed by atoms with E-state index in [4.69, 9.17) is 0 Å². The summed E-state index contributed by atoms with van der Waals surface area (Å²) < 4.78 is 32.0. The zero-order chi connectivity index (χ0) is 22.3. The van der Waals surface area contributed by atoms with E-state index in [0.29, 0.717) is 5.39 Å². The second-order valence-electron chi connectivity index (χ2n) is 6.56. The lowest BCUT2D eigenvalue weighted by atomic mass is 10.1. The van der Waals surface area contributed by atoms with Crippen LogP contribution in [0.4, 0.5) is 17.1 Å². The molecule has 4 rings (SSSR count). The van der Waals surface area contributed by atoms with Crippen molar-refractivity contribution >= 4 is 48.7 Å². The van der Waals surface area contributed by atoms with Crippen molar-refractivity contribution in [2.75, 3.05) is 0 Å². The number of hydrogen-bond acceptors (Lipinski definition) is 8. The van der Waals surface area contributed by atoms with Crippen molar-refractivity contribution in [3.63, 3.8) is 0 Å². The molecular formula is C20H13N3O7S. The van der Waals surface area contributed by atoms with E-state index >= 15 is 0 Å². The Kier molecular flexibility index (Phi) is 4.76. The van der Waals surface area contributed by atoms with Crippen molar-refractivity contribution in [1.82, 2.24) is 0 Å². The molecule has 0 unspecified atom stereocenters. The number of aromatic hydroxyl groups is 2. The number of nitrogens with zero attached hydrogens (tertiary/aromatic N) is 3. The molecule has 0 saturated carbocycles. The van der Waals surface area contributed by atoms with Gasteiger partial charge in [0.05, 0.1) is 15.2 Å². The first-order valence-electron chi connectivity index (χ1n) is 8.71. The molecular weight excluding hydrogens is 426 g/mol. The van der Waals surface area contributed by atoms with Gasteiger partial charge in [0.15, 0.2) is 5.75 Å². The fourth-order valence-corrected chi connectivity index (χ4v) is 3.70. The van der Waals surface area contributed by atoms with E-state index in [1.54, 1.807) is 30.3 Å². The van der Waals surface area contributed by atoms with Crippen LogP contribution in [0.5, 0.6) is 11.5 Å². The Balaban J connectivity index is 1.93. The number of fused-ring (bicyclic) bond motifs is 2. The molecule has 31 heavy (non-hydrogen) atoms. The van der Waals surface area contributed by atoms with Gasteiger partial charge in [-0.1, -0.05) is 30.3 Å². The van der Waals surface area contributed by atoms with Crippen molar-refractivity contribution in [1.29, 1.82) is 0 Å². The number of azo groups is 1. The van der Waals surface area contributed by atoms with Gasteiger partial charge in [0.1, 0.15) is 17.1 Å². The molecule has 4 aromatic rings. The van der Waals surface area contributed by atoms with Gasteiger partial charge in [0.25, 0.3) is 15.8 Å². The van der Waals surface area contributed by atoms with Gasteiger partial charge in [-0.25, -0.2) is 0 Å². The van der Waals surface area contributed by atoms with Crippen LogP contribution in [-0.4, -0.2) is 28.1 Å². The summed E-state index contributed by atoms with van der Waals surface area (Å²) >= 11 is 0. The van der Waals surface area contributed by atoms with Crippen LogP contribution < -0.4 is 0 Å². The van der Waals surface area contributed by atoms with Gasteiger partial charge in [0.2, 0.25) is 0 Å². The highest BCUT2D eigenvalue weighted by Crippen LogP contribution is 2.43. The standard InChI is InChI=1S/C20H13N3O7S/c24-18-8-5-11-3-1-2-4-13(11)19(18)22-21-16-10-17(23(26)27)15-9-12(31(28,29)30)6-7-14(15)20(16)25/h1-10,24-25H,(H,28,29,30). The molecule has 10 nitrogen and oxygen atoms in total. The summed E-state index contributed by atoms with van der Waals surface area (Å²) in [6.45, 7) is 0. The SMILES string of the molecule is O=[N+]([O-])c1cc(N=Nc2c(O)ccc3ccccc23)c(O)c2ccc(S(=O)(=O)O)cc12. The summed E-state index contributed by atoms with van der Waals surface area (Å²) in [5, 5.41) is 41.3. The van der Waals surface area contributed by atoms with Crippen LogP contribution in [0.2, 0.25) is 0 Å². The van der Waals surface area contributed by atoms with Crippen LogP contribution >= 0.6 is 0 Å². The Hall–Kier alpha value is -4.09. The first kappa shape index (κ1) is 20.2. The number of nitro groups is 1. The van der Waals surface area contributed by atoms with Crippen molar-refractivity contribution < 1.29 is 28.1 Å². The maximum atomic E-state index is 11.5. The van der Waals surface area contributed by atoms with E-state index in [9.17, 15) is 33.3 Å². The molecule has 0 radical (unpaired) electrons. The number of phenols is 2. The number of nitro benzene ring substituents is 1. The normalized spacial score (nSPS) is 12.0. The minimum absolute atomic E-state index is 0.0577. The molecule has 0 saturated heterocycles. The lowest BCUT2D eigenvalue weighted by molar-refractivity contribution is -0.383. The molecule has 11 heteroatoms. The smallest absolute Gasteiger partial charge is 0.294 e. The number of phenolic OH excluding ortho intramolecular Hbond substituents is 2. The van der Waals surface area contributed by atoms with Gasteiger partial charge in [-0.3, -0.25) is 14.7 Å². The molecule has 156 valence electrons. The molecule has 0 aliphatic heterocycles. The van der Waals surface area contributed by atoms with Crippen LogP contribution in [0.3, 0.4) is 0 Å². The molecule has 0 aliphatic carbocycles. The van der Waals surface area contributed by atoms with Crippen molar-refractivity contribution in [2.45, 2.75) is 4.90 Å². The minimum Gasteiger partial charge on any atom is -0.506 e. The molecule has 0 atom stereocenters. The van der Waals surface area contributed by atoms with Crippen molar-refractivity contribution in [3.8, 4) is 11.5 Å². The number of hydrogen-bond donors (Lipinski definition) is 3. The average molecular weight is 439 g/mol. The quantitative estimate of drug-likeness (QED) is 0.175. The Morgan fingerprint density at radius 1 is 0.871 bits per heavy atom. The fourth-order valence-electron chi connectivity index (χ4n) is 3.20. The second-order valence-corrected chi connectivity index (χ2v) is 7.98. The molecule has 0 spiro atoms. The molecule has 0 amide bonds. The molecule has 4 aromatic carbocycles. The third-order valence-electron chi connectivity index (χ3n) is 4.67.